The standard InChI is InChI=1S/C16H24O3S/c1-5-7-8-13-20(17,18)15-11-9-14(10-12-15)19-16(3,4)6-2/h6,9-12H,2,5,7-8,13H2,1,3-4H3. The first kappa shape index (κ1) is 16.8. The molecule has 0 atom stereocenters. The summed E-state index contributed by atoms with van der Waals surface area (Å²) in [4.78, 5) is 0.359. The van der Waals surface area contributed by atoms with Crippen molar-refractivity contribution in [2.75, 3.05) is 5.75 Å². The Hall–Kier alpha value is -1.29. The van der Waals surface area contributed by atoms with Crippen LogP contribution in [-0.4, -0.2) is 19.8 Å². The smallest absolute Gasteiger partial charge is 0.178 e. The van der Waals surface area contributed by atoms with E-state index < -0.39 is 15.4 Å². The Kier molecular flexibility index (Phi) is 5.81. The van der Waals surface area contributed by atoms with E-state index in [1.165, 1.54) is 0 Å². The molecule has 1 rings (SSSR count). The molecule has 0 aliphatic heterocycles. The van der Waals surface area contributed by atoms with Gasteiger partial charge in [-0.3, -0.25) is 0 Å². The van der Waals surface area contributed by atoms with Crippen molar-refractivity contribution in [1.29, 1.82) is 0 Å². The van der Waals surface area contributed by atoms with Crippen LogP contribution in [0.3, 0.4) is 0 Å². The van der Waals surface area contributed by atoms with Gasteiger partial charge < -0.3 is 4.74 Å². The summed E-state index contributed by atoms with van der Waals surface area (Å²) in [7, 11) is -3.17. The molecule has 0 radical (unpaired) electrons. The molecule has 0 saturated carbocycles. The Balaban J connectivity index is 2.78. The fraction of sp³-hybridized carbons (Fsp3) is 0.500. The number of rotatable bonds is 8. The third kappa shape index (κ3) is 5.00. The van der Waals surface area contributed by atoms with Crippen molar-refractivity contribution in [3.05, 3.63) is 36.9 Å². The number of hydrogen-bond acceptors (Lipinski definition) is 3. The van der Waals surface area contributed by atoms with Gasteiger partial charge in [0.1, 0.15) is 11.4 Å². The molecule has 1 aromatic rings. The maximum absolute atomic E-state index is 12.1. The first-order valence-corrected chi connectivity index (χ1v) is 8.61. The van der Waals surface area contributed by atoms with Crippen LogP contribution in [0.5, 0.6) is 5.75 Å². The molecule has 0 heterocycles. The summed E-state index contributed by atoms with van der Waals surface area (Å²) in [5.74, 6) is 0.849. The normalized spacial score (nSPS) is 12.2. The Bertz CT molecular complexity index is 527. The second kappa shape index (κ2) is 6.93. The second-order valence-electron chi connectivity index (χ2n) is 5.41. The van der Waals surface area contributed by atoms with Crippen LogP contribution in [0.4, 0.5) is 0 Å². The SMILES string of the molecule is C=CC(C)(C)Oc1ccc(S(=O)(=O)CCCCC)cc1. The van der Waals surface area contributed by atoms with Gasteiger partial charge in [-0.15, -0.1) is 0 Å². The zero-order valence-corrected chi connectivity index (χ0v) is 13.4. The lowest BCUT2D eigenvalue weighted by Crippen LogP contribution is -2.24. The molecule has 0 fully saturated rings. The largest absolute Gasteiger partial charge is 0.484 e. The summed E-state index contributed by atoms with van der Waals surface area (Å²) in [6.45, 7) is 9.56. The summed E-state index contributed by atoms with van der Waals surface area (Å²) >= 11 is 0. The van der Waals surface area contributed by atoms with E-state index >= 15 is 0 Å². The highest BCUT2D eigenvalue weighted by atomic mass is 32.2. The first-order chi connectivity index (χ1) is 9.30. The zero-order chi connectivity index (χ0) is 15.2. The second-order valence-corrected chi connectivity index (χ2v) is 7.52. The van der Waals surface area contributed by atoms with E-state index in [2.05, 4.69) is 13.5 Å². The molecule has 0 unspecified atom stereocenters. The Morgan fingerprint density at radius 3 is 2.30 bits per heavy atom. The van der Waals surface area contributed by atoms with Crippen molar-refractivity contribution in [3.8, 4) is 5.75 Å². The fourth-order valence-corrected chi connectivity index (χ4v) is 3.09. The minimum Gasteiger partial charge on any atom is -0.484 e. The molecule has 20 heavy (non-hydrogen) atoms. The molecular formula is C16H24O3S. The van der Waals surface area contributed by atoms with Gasteiger partial charge in [0.25, 0.3) is 0 Å². The number of benzene rings is 1. The molecule has 0 spiro atoms. The van der Waals surface area contributed by atoms with Crippen LogP contribution >= 0.6 is 0 Å². The van der Waals surface area contributed by atoms with Gasteiger partial charge in [0.2, 0.25) is 0 Å². The van der Waals surface area contributed by atoms with E-state index in [1.807, 2.05) is 13.8 Å². The average molecular weight is 296 g/mol. The van der Waals surface area contributed by atoms with Crippen LogP contribution in [0.1, 0.15) is 40.0 Å². The van der Waals surface area contributed by atoms with Gasteiger partial charge in [-0.05, 0) is 50.6 Å². The van der Waals surface area contributed by atoms with Crippen molar-refractivity contribution >= 4 is 9.84 Å². The van der Waals surface area contributed by atoms with Gasteiger partial charge in [0.05, 0.1) is 10.6 Å². The Morgan fingerprint density at radius 1 is 1.20 bits per heavy atom. The molecule has 0 aliphatic carbocycles. The maximum atomic E-state index is 12.1. The zero-order valence-electron chi connectivity index (χ0n) is 12.6. The monoisotopic (exact) mass is 296 g/mol. The maximum Gasteiger partial charge on any atom is 0.178 e. The summed E-state index contributed by atoms with van der Waals surface area (Å²) in [5.41, 5.74) is -0.471. The van der Waals surface area contributed by atoms with E-state index in [-0.39, 0.29) is 5.75 Å². The third-order valence-corrected chi connectivity index (χ3v) is 4.89. The van der Waals surface area contributed by atoms with Crippen molar-refractivity contribution in [2.45, 2.75) is 50.5 Å². The van der Waals surface area contributed by atoms with Gasteiger partial charge >= 0.3 is 0 Å². The quantitative estimate of drug-likeness (QED) is 0.538. The van der Waals surface area contributed by atoms with Crippen LogP contribution < -0.4 is 4.74 Å². The topological polar surface area (TPSA) is 43.4 Å². The van der Waals surface area contributed by atoms with Crippen molar-refractivity contribution in [3.63, 3.8) is 0 Å². The van der Waals surface area contributed by atoms with Crippen molar-refractivity contribution in [2.24, 2.45) is 0 Å². The molecule has 0 aromatic heterocycles. The molecule has 112 valence electrons. The van der Waals surface area contributed by atoms with E-state index in [9.17, 15) is 8.42 Å². The van der Waals surface area contributed by atoms with Gasteiger partial charge in [0, 0.05) is 0 Å². The predicted octanol–water partition coefficient (Wildman–Crippen LogP) is 3.99. The van der Waals surface area contributed by atoms with Crippen LogP contribution in [0.2, 0.25) is 0 Å². The molecule has 0 aliphatic rings. The average Bonchev–Trinajstić information content (AvgIpc) is 2.39. The van der Waals surface area contributed by atoms with Crippen LogP contribution in [0.15, 0.2) is 41.8 Å². The molecular weight excluding hydrogens is 272 g/mol. The number of hydrogen-bond donors (Lipinski definition) is 0. The summed E-state index contributed by atoms with van der Waals surface area (Å²) in [5, 5.41) is 0. The summed E-state index contributed by atoms with van der Waals surface area (Å²) in [6.07, 6.45) is 4.37. The molecule has 0 bridgehead atoms. The van der Waals surface area contributed by atoms with Crippen molar-refractivity contribution < 1.29 is 13.2 Å². The van der Waals surface area contributed by atoms with Crippen LogP contribution in [-0.2, 0) is 9.84 Å². The molecule has 0 N–H and O–H groups in total. The summed E-state index contributed by atoms with van der Waals surface area (Å²) < 4.78 is 29.9. The van der Waals surface area contributed by atoms with Gasteiger partial charge in [0.15, 0.2) is 9.84 Å². The molecule has 0 amide bonds. The molecule has 1 aromatic carbocycles. The van der Waals surface area contributed by atoms with Crippen molar-refractivity contribution in [1.82, 2.24) is 0 Å². The molecule has 0 saturated heterocycles. The number of sulfone groups is 1. The third-order valence-electron chi connectivity index (χ3n) is 3.07. The van der Waals surface area contributed by atoms with E-state index in [0.717, 1.165) is 12.8 Å². The Morgan fingerprint density at radius 2 is 1.80 bits per heavy atom. The fourth-order valence-electron chi connectivity index (χ4n) is 1.72. The van der Waals surface area contributed by atoms with Gasteiger partial charge in [-0.25, -0.2) is 8.42 Å². The lowest BCUT2D eigenvalue weighted by molar-refractivity contribution is 0.162. The van der Waals surface area contributed by atoms with E-state index in [4.69, 9.17) is 4.74 Å². The highest BCUT2D eigenvalue weighted by Gasteiger charge is 2.17. The predicted molar refractivity (Wildman–Crippen MR) is 82.9 cm³/mol. The minimum atomic E-state index is -3.17. The minimum absolute atomic E-state index is 0.208. The highest BCUT2D eigenvalue weighted by Crippen LogP contribution is 2.22. The lowest BCUT2D eigenvalue weighted by atomic mass is 10.1. The van der Waals surface area contributed by atoms with Gasteiger partial charge in [-0.1, -0.05) is 26.3 Å². The van der Waals surface area contributed by atoms with E-state index in [1.54, 1.807) is 30.3 Å². The number of unbranched alkanes of at least 4 members (excludes halogenated alkanes) is 2. The highest BCUT2D eigenvalue weighted by molar-refractivity contribution is 7.91. The van der Waals surface area contributed by atoms with Gasteiger partial charge in [-0.2, -0.15) is 0 Å². The van der Waals surface area contributed by atoms with E-state index in [0.29, 0.717) is 17.1 Å². The number of ether oxygens (including phenoxy) is 1. The molecule has 4 heteroatoms. The molecule has 3 nitrogen and oxygen atoms in total. The lowest BCUT2D eigenvalue weighted by Gasteiger charge is -2.22. The Labute approximate surface area is 122 Å². The summed E-state index contributed by atoms with van der Waals surface area (Å²) in [6, 6.07) is 6.60. The van der Waals surface area contributed by atoms with Crippen LogP contribution in [0, 0.1) is 0 Å². The first-order valence-electron chi connectivity index (χ1n) is 6.96. The van der Waals surface area contributed by atoms with Crippen LogP contribution in [0.25, 0.3) is 0 Å².